The van der Waals surface area contributed by atoms with Gasteiger partial charge in [0.05, 0.1) is 11.5 Å². The Balaban J connectivity index is 1.76. The van der Waals surface area contributed by atoms with E-state index in [2.05, 4.69) is 0 Å². The smallest absolute Gasteiger partial charge is 0.316 e. The molecule has 1 saturated heterocycles. The van der Waals surface area contributed by atoms with Crippen LogP contribution in [0, 0.1) is 19.8 Å². The number of anilines is 1. The SMILES string of the molecule is CC(=O)c1ccccc1OC(=O)[C@@H]1CC(=O)N(c2ccc(C)cc2C)C1. The number of ketones is 1. The molecule has 0 unspecified atom stereocenters. The van der Waals surface area contributed by atoms with Crippen molar-refractivity contribution in [1.82, 2.24) is 0 Å². The molecule has 0 aromatic heterocycles. The highest BCUT2D eigenvalue weighted by atomic mass is 16.5. The quantitative estimate of drug-likeness (QED) is 0.481. The van der Waals surface area contributed by atoms with Crippen molar-refractivity contribution in [1.29, 1.82) is 0 Å². The maximum absolute atomic E-state index is 12.5. The average Bonchev–Trinajstić information content (AvgIpc) is 2.97. The zero-order valence-electron chi connectivity index (χ0n) is 15.1. The number of hydrogen-bond acceptors (Lipinski definition) is 4. The number of Topliss-reactive ketones (excluding diaryl/α,β-unsaturated/α-hetero) is 1. The third-order valence-corrected chi connectivity index (χ3v) is 4.58. The molecule has 0 bridgehead atoms. The Hall–Kier alpha value is -2.95. The van der Waals surface area contributed by atoms with Crippen molar-refractivity contribution in [2.24, 2.45) is 5.92 Å². The number of aryl methyl sites for hydroxylation is 2. The molecule has 5 heteroatoms. The van der Waals surface area contributed by atoms with E-state index in [1.165, 1.54) is 6.92 Å². The lowest BCUT2D eigenvalue weighted by Gasteiger charge is -2.19. The molecule has 1 fully saturated rings. The van der Waals surface area contributed by atoms with Gasteiger partial charge in [0.15, 0.2) is 5.78 Å². The number of para-hydroxylation sites is 1. The lowest BCUT2D eigenvalue weighted by molar-refractivity contribution is -0.139. The molecule has 0 spiro atoms. The molecule has 26 heavy (non-hydrogen) atoms. The van der Waals surface area contributed by atoms with Crippen LogP contribution < -0.4 is 9.64 Å². The predicted octanol–water partition coefficient (Wildman–Crippen LogP) is 3.46. The second kappa shape index (κ2) is 7.12. The highest BCUT2D eigenvalue weighted by Crippen LogP contribution is 2.30. The van der Waals surface area contributed by atoms with E-state index in [1.54, 1.807) is 29.2 Å². The summed E-state index contributed by atoms with van der Waals surface area (Å²) in [6.07, 6.45) is 0.106. The Morgan fingerprint density at radius 3 is 2.54 bits per heavy atom. The van der Waals surface area contributed by atoms with Crippen LogP contribution in [0.1, 0.15) is 34.8 Å². The second-order valence-corrected chi connectivity index (χ2v) is 6.67. The van der Waals surface area contributed by atoms with E-state index in [4.69, 9.17) is 4.74 Å². The topological polar surface area (TPSA) is 63.7 Å². The number of carbonyl (C=O) groups is 3. The Morgan fingerprint density at radius 2 is 1.85 bits per heavy atom. The van der Waals surface area contributed by atoms with Crippen molar-refractivity contribution in [2.45, 2.75) is 27.2 Å². The first-order valence-electron chi connectivity index (χ1n) is 8.56. The molecule has 134 valence electrons. The second-order valence-electron chi connectivity index (χ2n) is 6.67. The molecule has 5 nitrogen and oxygen atoms in total. The number of nitrogens with zero attached hydrogens (tertiary/aromatic N) is 1. The van der Waals surface area contributed by atoms with Crippen LogP contribution in [0.25, 0.3) is 0 Å². The van der Waals surface area contributed by atoms with Gasteiger partial charge >= 0.3 is 5.97 Å². The van der Waals surface area contributed by atoms with Crippen LogP contribution in [-0.4, -0.2) is 24.2 Å². The first-order valence-corrected chi connectivity index (χ1v) is 8.56. The van der Waals surface area contributed by atoms with Gasteiger partial charge in [-0.2, -0.15) is 0 Å². The van der Waals surface area contributed by atoms with Crippen LogP contribution in [0.15, 0.2) is 42.5 Å². The fraction of sp³-hybridized carbons (Fsp3) is 0.286. The van der Waals surface area contributed by atoms with E-state index in [1.807, 2.05) is 32.0 Å². The Bertz CT molecular complexity index is 887. The molecule has 0 aliphatic carbocycles. The Labute approximate surface area is 152 Å². The van der Waals surface area contributed by atoms with Gasteiger partial charge in [0.25, 0.3) is 0 Å². The Kier molecular flexibility index (Phi) is 4.89. The third-order valence-electron chi connectivity index (χ3n) is 4.58. The van der Waals surface area contributed by atoms with E-state index >= 15 is 0 Å². The molecule has 1 heterocycles. The molecule has 2 aromatic carbocycles. The fourth-order valence-corrected chi connectivity index (χ4v) is 3.24. The summed E-state index contributed by atoms with van der Waals surface area (Å²) in [6.45, 7) is 5.65. The molecule has 1 atom stereocenters. The summed E-state index contributed by atoms with van der Waals surface area (Å²) in [7, 11) is 0. The van der Waals surface area contributed by atoms with E-state index in [0.717, 1.165) is 16.8 Å². The van der Waals surface area contributed by atoms with Gasteiger partial charge in [-0.05, 0) is 44.5 Å². The summed E-state index contributed by atoms with van der Waals surface area (Å²) >= 11 is 0. The van der Waals surface area contributed by atoms with Gasteiger partial charge in [-0.15, -0.1) is 0 Å². The first-order chi connectivity index (χ1) is 12.4. The highest BCUT2D eigenvalue weighted by molar-refractivity contribution is 6.01. The zero-order chi connectivity index (χ0) is 18.8. The number of rotatable bonds is 4. The first kappa shape index (κ1) is 17.9. The van der Waals surface area contributed by atoms with Crippen molar-refractivity contribution in [3.05, 3.63) is 59.2 Å². The summed E-state index contributed by atoms with van der Waals surface area (Å²) < 4.78 is 5.43. The van der Waals surface area contributed by atoms with Crippen LogP contribution in [0.3, 0.4) is 0 Å². The maximum atomic E-state index is 12.5. The minimum absolute atomic E-state index is 0.0984. The van der Waals surface area contributed by atoms with Gasteiger partial charge in [-0.1, -0.05) is 29.8 Å². The van der Waals surface area contributed by atoms with Gasteiger partial charge in [0, 0.05) is 18.7 Å². The van der Waals surface area contributed by atoms with Gasteiger partial charge < -0.3 is 9.64 Å². The van der Waals surface area contributed by atoms with Crippen LogP contribution in [0.5, 0.6) is 5.75 Å². The lowest BCUT2D eigenvalue weighted by Crippen LogP contribution is -2.28. The van der Waals surface area contributed by atoms with Gasteiger partial charge in [-0.25, -0.2) is 0 Å². The summed E-state index contributed by atoms with van der Waals surface area (Å²) in [5.74, 6) is -1.07. The van der Waals surface area contributed by atoms with Crippen LogP contribution >= 0.6 is 0 Å². The highest BCUT2D eigenvalue weighted by Gasteiger charge is 2.37. The number of amides is 1. The minimum atomic E-state index is -0.553. The average molecular weight is 351 g/mol. The lowest BCUT2D eigenvalue weighted by atomic mass is 10.1. The molecule has 0 N–H and O–H groups in total. The summed E-state index contributed by atoms with van der Waals surface area (Å²) in [5.41, 5.74) is 3.29. The number of carbonyl (C=O) groups excluding carboxylic acids is 3. The fourth-order valence-electron chi connectivity index (χ4n) is 3.24. The number of hydrogen-bond donors (Lipinski definition) is 0. The Morgan fingerprint density at radius 1 is 1.12 bits per heavy atom. The standard InChI is InChI=1S/C21H21NO4/c1-13-8-9-18(14(2)10-13)22-12-16(11-20(22)24)21(25)26-19-7-5-4-6-17(19)15(3)23/h4-10,16H,11-12H2,1-3H3/t16-/m1/s1. The molecule has 3 rings (SSSR count). The summed E-state index contributed by atoms with van der Waals surface area (Å²) in [4.78, 5) is 38.3. The zero-order valence-corrected chi connectivity index (χ0v) is 15.1. The van der Waals surface area contributed by atoms with Crippen LogP contribution in [0.4, 0.5) is 5.69 Å². The molecular formula is C21H21NO4. The van der Waals surface area contributed by atoms with E-state index in [0.29, 0.717) is 5.56 Å². The predicted molar refractivity (Wildman–Crippen MR) is 98.5 cm³/mol. The van der Waals surface area contributed by atoms with Gasteiger partial charge in [-0.3, -0.25) is 14.4 Å². The molecular weight excluding hydrogens is 330 g/mol. The minimum Gasteiger partial charge on any atom is -0.425 e. The summed E-state index contributed by atoms with van der Waals surface area (Å²) in [5, 5.41) is 0. The maximum Gasteiger partial charge on any atom is 0.316 e. The third kappa shape index (κ3) is 3.52. The van der Waals surface area contributed by atoms with E-state index < -0.39 is 11.9 Å². The van der Waals surface area contributed by atoms with Gasteiger partial charge in [0.1, 0.15) is 5.75 Å². The van der Waals surface area contributed by atoms with Gasteiger partial charge in [0.2, 0.25) is 5.91 Å². The van der Waals surface area contributed by atoms with E-state index in [-0.39, 0.29) is 30.4 Å². The van der Waals surface area contributed by atoms with Crippen LogP contribution in [0.2, 0.25) is 0 Å². The van der Waals surface area contributed by atoms with Crippen molar-refractivity contribution in [2.75, 3.05) is 11.4 Å². The van der Waals surface area contributed by atoms with E-state index in [9.17, 15) is 14.4 Å². The van der Waals surface area contributed by atoms with Crippen molar-refractivity contribution in [3.63, 3.8) is 0 Å². The van der Waals surface area contributed by atoms with Crippen LogP contribution in [-0.2, 0) is 9.59 Å². The number of esters is 1. The van der Waals surface area contributed by atoms with Crippen molar-refractivity contribution >= 4 is 23.3 Å². The molecule has 1 aliphatic heterocycles. The number of benzene rings is 2. The number of ether oxygens (including phenoxy) is 1. The monoisotopic (exact) mass is 351 g/mol. The molecule has 0 saturated carbocycles. The molecule has 1 amide bonds. The molecule has 1 aliphatic rings. The van der Waals surface area contributed by atoms with Crippen molar-refractivity contribution in [3.8, 4) is 5.75 Å². The summed E-state index contributed by atoms with van der Waals surface area (Å²) in [6, 6.07) is 12.5. The normalized spacial score (nSPS) is 16.7. The molecule has 0 radical (unpaired) electrons. The van der Waals surface area contributed by atoms with Crippen molar-refractivity contribution < 1.29 is 19.1 Å². The largest absolute Gasteiger partial charge is 0.425 e. The molecule has 2 aromatic rings.